The summed E-state index contributed by atoms with van der Waals surface area (Å²) in [5, 5.41) is 13.3. The van der Waals surface area contributed by atoms with Crippen molar-refractivity contribution in [3.63, 3.8) is 0 Å². The first-order valence-electron chi connectivity index (χ1n) is 7.03. The van der Waals surface area contributed by atoms with E-state index >= 15 is 0 Å². The maximum atomic E-state index is 12.5. The van der Waals surface area contributed by atoms with Crippen molar-refractivity contribution in [2.24, 2.45) is 0 Å². The van der Waals surface area contributed by atoms with Gasteiger partial charge in [-0.25, -0.2) is 4.79 Å². The van der Waals surface area contributed by atoms with E-state index in [-0.39, 0.29) is 5.91 Å². The van der Waals surface area contributed by atoms with Crippen LogP contribution in [0.3, 0.4) is 0 Å². The summed E-state index contributed by atoms with van der Waals surface area (Å²) in [6.07, 6.45) is 4.69. The van der Waals surface area contributed by atoms with Gasteiger partial charge in [-0.2, -0.15) is 5.10 Å². The number of carbonyl (C=O) groups excluding carboxylic acids is 1. The Kier molecular flexibility index (Phi) is 4.11. The third kappa shape index (κ3) is 2.69. The Bertz CT molecular complexity index is 520. The van der Waals surface area contributed by atoms with Crippen molar-refractivity contribution in [3.05, 3.63) is 17.5 Å². The summed E-state index contributed by atoms with van der Waals surface area (Å²) in [6.45, 7) is 4.36. The summed E-state index contributed by atoms with van der Waals surface area (Å²) in [5.41, 5.74) is 1.53. The van der Waals surface area contributed by atoms with E-state index in [1.807, 2.05) is 4.68 Å². The molecule has 2 rings (SSSR count). The van der Waals surface area contributed by atoms with Crippen LogP contribution in [0.5, 0.6) is 0 Å². The van der Waals surface area contributed by atoms with Crippen molar-refractivity contribution in [2.45, 2.75) is 51.6 Å². The number of amides is 1. The van der Waals surface area contributed by atoms with Crippen LogP contribution in [0.4, 0.5) is 0 Å². The third-order valence-corrected chi connectivity index (χ3v) is 3.77. The molecule has 1 aromatic rings. The zero-order valence-electron chi connectivity index (χ0n) is 12.2. The van der Waals surface area contributed by atoms with E-state index in [2.05, 4.69) is 12.0 Å². The fraction of sp³-hybridized carbons (Fsp3) is 0.643. The highest BCUT2D eigenvalue weighted by Crippen LogP contribution is 2.42. The van der Waals surface area contributed by atoms with Crippen molar-refractivity contribution in [3.8, 4) is 0 Å². The molecule has 1 unspecified atom stereocenters. The first kappa shape index (κ1) is 14.6. The molecule has 0 aliphatic heterocycles. The van der Waals surface area contributed by atoms with E-state index in [1.54, 1.807) is 6.20 Å². The van der Waals surface area contributed by atoms with E-state index in [0.29, 0.717) is 11.5 Å². The van der Waals surface area contributed by atoms with Gasteiger partial charge in [0.2, 0.25) is 0 Å². The molecular weight excluding hydrogens is 258 g/mol. The summed E-state index contributed by atoms with van der Waals surface area (Å²) in [7, 11) is 1.52. The number of aliphatic carboxylic acids is 1. The molecule has 20 heavy (non-hydrogen) atoms. The number of carboxylic acids is 1. The van der Waals surface area contributed by atoms with Gasteiger partial charge in [0.25, 0.3) is 5.91 Å². The molecule has 6 nitrogen and oxygen atoms in total. The second-order valence-corrected chi connectivity index (χ2v) is 5.37. The predicted octanol–water partition coefficient (Wildman–Crippen LogP) is 1.72. The Balaban J connectivity index is 2.28. The minimum Gasteiger partial charge on any atom is -0.480 e. The Morgan fingerprint density at radius 1 is 1.55 bits per heavy atom. The Labute approximate surface area is 118 Å². The maximum Gasteiger partial charge on any atom is 0.326 e. The average molecular weight is 279 g/mol. The lowest BCUT2D eigenvalue weighted by atomic mass is 10.1. The van der Waals surface area contributed by atoms with Gasteiger partial charge in [0.05, 0.1) is 17.5 Å². The van der Waals surface area contributed by atoms with E-state index in [9.17, 15) is 9.59 Å². The van der Waals surface area contributed by atoms with Gasteiger partial charge in [-0.05, 0) is 26.2 Å². The van der Waals surface area contributed by atoms with E-state index in [1.165, 1.54) is 18.9 Å². The second-order valence-electron chi connectivity index (χ2n) is 5.37. The molecule has 1 aliphatic carbocycles. The number of hydrogen-bond acceptors (Lipinski definition) is 3. The van der Waals surface area contributed by atoms with Crippen molar-refractivity contribution >= 4 is 11.9 Å². The number of carbonyl (C=O) groups is 2. The zero-order valence-corrected chi connectivity index (χ0v) is 12.2. The van der Waals surface area contributed by atoms with Crippen LogP contribution in [0, 0.1) is 0 Å². The summed E-state index contributed by atoms with van der Waals surface area (Å²) in [6, 6.07) is -0.843. The van der Waals surface area contributed by atoms with Gasteiger partial charge in [-0.1, -0.05) is 6.92 Å². The SMILES string of the molecule is CCCn1ncc(C(=O)N(C)C(C)C(=O)O)c1C1CC1. The number of aryl methyl sites for hydroxylation is 1. The molecule has 1 amide bonds. The molecule has 1 saturated carbocycles. The lowest BCUT2D eigenvalue weighted by Gasteiger charge is -2.21. The molecule has 110 valence electrons. The van der Waals surface area contributed by atoms with Crippen molar-refractivity contribution in [1.29, 1.82) is 0 Å². The van der Waals surface area contributed by atoms with Crippen LogP contribution in [0.25, 0.3) is 0 Å². The number of carboxylic acid groups (broad SMARTS) is 1. The van der Waals surface area contributed by atoms with Crippen LogP contribution < -0.4 is 0 Å². The van der Waals surface area contributed by atoms with Gasteiger partial charge < -0.3 is 10.0 Å². The first-order valence-corrected chi connectivity index (χ1v) is 7.03. The molecule has 1 heterocycles. The lowest BCUT2D eigenvalue weighted by Crippen LogP contribution is -2.40. The molecule has 1 atom stereocenters. The summed E-state index contributed by atoms with van der Waals surface area (Å²) in [4.78, 5) is 24.7. The second kappa shape index (κ2) is 5.64. The van der Waals surface area contributed by atoms with Crippen molar-refractivity contribution < 1.29 is 14.7 Å². The van der Waals surface area contributed by atoms with E-state index < -0.39 is 12.0 Å². The highest BCUT2D eigenvalue weighted by Gasteiger charge is 2.34. The van der Waals surface area contributed by atoms with Gasteiger partial charge in [0, 0.05) is 19.5 Å². The Hall–Kier alpha value is -1.85. The number of likely N-dealkylation sites (N-methyl/N-ethyl adjacent to an activating group) is 1. The van der Waals surface area contributed by atoms with Crippen LogP contribution in [-0.2, 0) is 11.3 Å². The minimum atomic E-state index is -1.00. The Morgan fingerprint density at radius 2 is 2.20 bits per heavy atom. The first-order chi connectivity index (χ1) is 9.47. The summed E-state index contributed by atoms with van der Waals surface area (Å²) in [5.74, 6) is -0.865. The minimum absolute atomic E-state index is 0.260. The summed E-state index contributed by atoms with van der Waals surface area (Å²) < 4.78 is 1.89. The van der Waals surface area contributed by atoms with Crippen LogP contribution in [0.1, 0.15) is 55.1 Å². The van der Waals surface area contributed by atoms with Crippen LogP contribution >= 0.6 is 0 Å². The predicted molar refractivity (Wildman–Crippen MR) is 73.7 cm³/mol. The number of nitrogens with zero attached hydrogens (tertiary/aromatic N) is 3. The normalized spacial score (nSPS) is 15.9. The quantitative estimate of drug-likeness (QED) is 0.860. The molecule has 6 heteroatoms. The molecule has 0 saturated heterocycles. The topological polar surface area (TPSA) is 75.4 Å². The van der Waals surface area contributed by atoms with Gasteiger partial charge >= 0.3 is 5.97 Å². The number of rotatable bonds is 6. The monoisotopic (exact) mass is 279 g/mol. The number of hydrogen-bond donors (Lipinski definition) is 1. The number of aromatic nitrogens is 2. The average Bonchev–Trinajstić information content (AvgIpc) is 3.18. The summed E-state index contributed by atoms with van der Waals surface area (Å²) >= 11 is 0. The highest BCUT2D eigenvalue weighted by atomic mass is 16.4. The standard InChI is InChI=1S/C14H21N3O3/c1-4-7-17-12(10-5-6-10)11(8-15-17)13(18)16(3)9(2)14(19)20/h8-10H,4-7H2,1-3H3,(H,19,20). The molecular formula is C14H21N3O3. The van der Waals surface area contributed by atoms with Gasteiger partial charge in [0.1, 0.15) is 6.04 Å². The molecule has 1 aromatic heterocycles. The third-order valence-electron chi connectivity index (χ3n) is 3.77. The zero-order chi connectivity index (χ0) is 14.9. The van der Waals surface area contributed by atoms with Crippen LogP contribution in [-0.4, -0.2) is 44.8 Å². The molecule has 0 radical (unpaired) electrons. The van der Waals surface area contributed by atoms with E-state index in [4.69, 9.17) is 5.11 Å². The highest BCUT2D eigenvalue weighted by molar-refractivity contribution is 5.97. The van der Waals surface area contributed by atoms with E-state index in [0.717, 1.165) is 31.5 Å². The molecule has 1 N–H and O–H groups in total. The fourth-order valence-electron chi connectivity index (χ4n) is 2.27. The van der Waals surface area contributed by atoms with Gasteiger partial charge in [-0.3, -0.25) is 9.48 Å². The molecule has 1 fully saturated rings. The van der Waals surface area contributed by atoms with Crippen molar-refractivity contribution in [2.75, 3.05) is 7.05 Å². The van der Waals surface area contributed by atoms with Crippen molar-refractivity contribution in [1.82, 2.24) is 14.7 Å². The molecule has 1 aliphatic rings. The smallest absolute Gasteiger partial charge is 0.326 e. The Morgan fingerprint density at radius 3 is 2.70 bits per heavy atom. The molecule has 0 bridgehead atoms. The van der Waals surface area contributed by atoms with Gasteiger partial charge in [-0.15, -0.1) is 0 Å². The molecule has 0 aromatic carbocycles. The van der Waals surface area contributed by atoms with Crippen LogP contribution in [0.15, 0.2) is 6.20 Å². The lowest BCUT2D eigenvalue weighted by molar-refractivity contribution is -0.141. The fourth-order valence-corrected chi connectivity index (χ4v) is 2.27. The van der Waals surface area contributed by atoms with Crippen LogP contribution in [0.2, 0.25) is 0 Å². The largest absolute Gasteiger partial charge is 0.480 e. The maximum absolute atomic E-state index is 12.5. The molecule has 0 spiro atoms. The van der Waals surface area contributed by atoms with Gasteiger partial charge in [0.15, 0.2) is 0 Å².